The van der Waals surface area contributed by atoms with E-state index in [9.17, 15) is 13.2 Å². The van der Waals surface area contributed by atoms with Crippen LogP contribution in [0.2, 0.25) is 0 Å². The lowest BCUT2D eigenvalue weighted by atomic mass is 10.1. The Morgan fingerprint density at radius 3 is 2.64 bits per heavy atom. The number of sulfone groups is 1. The Kier molecular flexibility index (Phi) is 6.57. The summed E-state index contributed by atoms with van der Waals surface area (Å²) in [7, 11) is -3.19. The molecule has 0 spiro atoms. The molecule has 1 saturated heterocycles. The van der Waals surface area contributed by atoms with Gasteiger partial charge in [0.2, 0.25) is 0 Å². The third-order valence-corrected chi connectivity index (χ3v) is 5.85. The molecule has 152 valence electrons. The van der Waals surface area contributed by atoms with Gasteiger partial charge in [-0.1, -0.05) is 30.3 Å². The van der Waals surface area contributed by atoms with Crippen LogP contribution >= 0.6 is 0 Å². The summed E-state index contributed by atoms with van der Waals surface area (Å²) in [5, 5.41) is 0. The van der Waals surface area contributed by atoms with Crippen molar-refractivity contribution in [3.05, 3.63) is 59.5 Å². The van der Waals surface area contributed by atoms with Crippen molar-refractivity contribution in [1.82, 2.24) is 9.80 Å². The van der Waals surface area contributed by atoms with Crippen LogP contribution in [0, 0.1) is 5.92 Å². The van der Waals surface area contributed by atoms with Gasteiger partial charge in [0.15, 0.2) is 15.6 Å². The van der Waals surface area contributed by atoms with Gasteiger partial charge in [-0.05, 0) is 43.5 Å². The summed E-state index contributed by atoms with van der Waals surface area (Å²) in [6.07, 6.45) is 2.21. The average molecular weight is 405 g/mol. The highest BCUT2D eigenvalue weighted by atomic mass is 32.2. The Hall–Kier alpha value is -2.12. The number of carbonyl (C=O) groups excluding carboxylic acids is 1. The SMILES string of the molecule is CCN(CC1CCN(Cc2ccccc2)C1)C(=O)c1ccc(CS(C)(=O)=O)o1. The number of furan rings is 1. The Morgan fingerprint density at radius 2 is 1.96 bits per heavy atom. The molecular weight excluding hydrogens is 376 g/mol. The number of carbonyl (C=O) groups is 1. The second-order valence-corrected chi connectivity index (χ2v) is 9.70. The molecule has 1 fully saturated rings. The molecule has 1 atom stereocenters. The topological polar surface area (TPSA) is 70.8 Å². The van der Waals surface area contributed by atoms with Gasteiger partial charge in [0.1, 0.15) is 11.5 Å². The van der Waals surface area contributed by atoms with Crippen LogP contribution in [0.1, 0.15) is 35.2 Å². The fourth-order valence-electron chi connectivity index (χ4n) is 3.70. The third-order valence-electron chi connectivity index (χ3n) is 5.04. The molecular formula is C21H28N2O4S. The second-order valence-electron chi connectivity index (χ2n) is 7.56. The molecule has 1 unspecified atom stereocenters. The van der Waals surface area contributed by atoms with E-state index >= 15 is 0 Å². The van der Waals surface area contributed by atoms with E-state index in [2.05, 4.69) is 29.2 Å². The van der Waals surface area contributed by atoms with Crippen LogP contribution in [0.15, 0.2) is 46.9 Å². The number of amides is 1. The van der Waals surface area contributed by atoms with E-state index < -0.39 is 9.84 Å². The quantitative estimate of drug-likeness (QED) is 0.677. The normalized spacial score (nSPS) is 17.7. The molecule has 0 radical (unpaired) electrons. The summed E-state index contributed by atoms with van der Waals surface area (Å²) in [6.45, 7) is 6.17. The van der Waals surface area contributed by atoms with Crippen molar-refractivity contribution in [2.24, 2.45) is 5.92 Å². The molecule has 7 heteroatoms. The molecule has 2 heterocycles. The standard InChI is InChI=1S/C21H28N2O4S/c1-3-23(21(24)20-10-9-19(27-20)16-28(2,25)26)15-18-11-12-22(14-18)13-17-7-5-4-6-8-17/h4-10,18H,3,11-16H2,1-2H3. The lowest BCUT2D eigenvalue weighted by Gasteiger charge is -2.24. The fourth-order valence-corrected chi connectivity index (χ4v) is 4.37. The minimum absolute atomic E-state index is 0.177. The predicted molar refractivity (Wildman–Crippen MR) is 109 cm³/mol. The van der Waals surface area contributed by atoms with Crippen LogP contribution in [-0.4, -0.2) is 56.6 Å². The van der Waals surface area contributed by atoms with Gasteiger partial charge in [0, 0.05) is 32.4 Å². The zero-order valence-electron chi connectivity index (χ0n) is 16.5. The Bertz CT molecular complexity index is 892. The van der Waals surface area contributed by atoms with E-state index in [1.165, 1.54) is 5.56 Å². The van der Waals surface area contributed by atoms with E-state index in [4.69, 9.17) is 4.42 Å². The van der Waals surface area contributed by atoms with Gasteiger partial charge in [-0.15, -0.1) is 0 Å². The van der Waals surface area contributed by atoms with Crippen molar-refractivity contribution in [3.8, 4) is 0 Å². The van der Waals surface area contributed by atoms with Crippen molar-refractivity contribution in [3.63, 3.8) is 0 Å². The van der Waals surface area contributed by atoms with Crippen LogP contribution in [0.4, 0.5) is 0 Å². The molecule has 3 rings (SSSR count). The molecule has 6 nitrogen and oxygen atoms in total. The van der Waals surface area contributed by atoms with Crippen LogP contribution in [-0.2, 0) is 22.1 Å². The maximum atomic E-state index is 12.8. The first-order chi connectivity index (χ1) is 13.3. The van der Waals surface area contributed by atoms with Gasteiger partial charge in [0.05, 0.1) is 0 Å². The zero-order valence-corrected chi connectivity index (χ0v) is 17.3. The molecule has 0 N–H and O–H groups in total. The van der Waals surface area contributed by atoms with Crippen LogP contribution in [0.25, 0.3) is 0 Å². The van der Waals surface area contributed by atoms with Crippen molar-refractivity contribution in [2.45, 2.75) is 25.6 Å². The molecule has 1 aliphatic rings. The van der Waals surface area contributed by atoms with Gasteiger partial charge in [-0.3, -0.25) is 9.69 Å². The van der Waals surface area contributed by atoms with Crippen LogP contribution < -0.4 is 0 Å². The van der Waals surface area contributed by atoms with E-state index in [1.54, 1.807) is 17.0 Å². The highest BCUT2D eigenvalue weighted by Crippen LogP contribution is 2.21. The Labute approximate surface area is 167 Å². The third kappa shape index (κ3) is 5.69. The second kappa shape index (κ2) is 8.92. The van der Waals surface area contributed by atoms with Crippen molar-refractivity contribution >= 4 is 15.7 Å². The first-order valence-corrected chi connectivity index (χ1v) is 11.7. The van der Waals surface area contributed by atoms with Crippen LogP contribution in [0.3, 0.4) is 0 Å². The molecule has 2 aromatic rings. The Balaban J connectivity index is 1.56. The summed E-state index contributed by atoms with van der Waals surface area (Å²) in [6, 6.07) is 13.6. The number of rotatable bonds is 8. The maximum absolute atomic E-state index is 12.8. The first kappa shape index (κ1) is 20.6. The molecule has 0 bridgehead atoms. The predicted octanol–water partition coefficient (Wildman–Crippen LogP) is 2.81. The smallest absolute Gasteiger partial charge is 0.289 e. The highest BCUT2D eigenvalue weighted by Gasteiger charge is 2.27. The molecule has 1 aromatic heterocycles. The van der Waals surface area contributed by atoms with Gasteiger partial charge >= 0.3 is 0 Å². The van der Waals surface area contributed by atoms with Gasteiger partial charge in [-0.25, -0.2) is 8.42 Å². The highest BCUT2D eigenvalue weighted by molar-refractivity contribution is 7.89. The van der Waals surface area contributed by atoms with E-state index in [-0.39, 0.29) is 17.4 Å². The minimum atomic E-state index is -3.19. The first-order valence-electron chi connectivity index (χ1n) is 9.66. The molecule has 28 heavy (non-hydrogen) atoms. The summed E-state index contributed by atoms with van der Waals surface area (Å²) in [4.78, 5) is 17.0. The lowest BCUT2D eigenvalue weighted by molar-refractivity contribution is 0.0705. The van der Waals surface area contributed by atoms with Crippen molar-refractivity contribution < 1.29 is 17.6 Å². The van der Waals surface area contributed by atoms with E-state index in [1.807, 2.05) is 13.0 Å². The molecule has 0 aliphatic carbocycles. The van der Waals surface area contributed by atoms with Crippen molar-refractivity contribution in [2.75, 3.05) is 32.4 Å². The number of hydrogen-bond acceptors (Lipinski definition) is 5. The number of nitrogens with zero attached hydrogens (tertiary/aromatic N) is 2. The molecule has 0 saturated carbocycles. The maximum Gasteiger partial charge on any atom is 0.289 e. The Morgan fingerprint density at radius 1 is 1.21 bits per heavy atom. The number of benzene rings is 1. The van der Waals surface area contributed by atoms with Crippen LogP contribution in [0.5, 0.6) is 0 Å². The zero-order chi connectivity index (χ0) is 20.1. The number of likely N-dealkylation sites (tertiary alicyclic amines) is 1. The molecule has 1 aliphatic heterocycles. The average Bonchev–Trinajstić information content (AvgIpc) is 3.28. The molecule has 1 aromatic carbocycles. The van der Waals surface area contributed by atoms with Gasteiger partial charge in [-0.2, -0.15) is 0 Å². The van der Waals surface area contributed by atoms with Crippen molar-refractivity contribution in [1.29, 1.82) is 0 Å². The van der Waals surface area contributed by atoms with Gasteiger partial charge in [0.25, 0.3) is 5.91 Å². The summed E-state index contributed by atoms with van der Waals surface area (Å²) < 4.78 is 28.3. The fraction of sp³-hybridized carbons (Fsp3) is 0.476. The lowest BCUT2D eigenvalue weighted by Crippen LogP contribution is -2.36. The van der Waals surface area contributed by atoms with E-state index in [0.717, 1.165) is 32.3 Å². The monoisotopic (exact) mass is 404 g/mol. The van der Waals surface area contributed by atoms with Gasteiger partial charge < -0.3 is 9.32 Å². The molecule has 1 amide bonds. The minimum Gasteiger partial charge on any atom is -0.455 e. The summed E-state index contributed by atoms with van der Waals surface area (Å²) in [5.74, 6) is 0.571. The van der Waals surface area contributed by atoms with E-state index in [0.29, 0.717) is 24.8 Å². The summed E-state index contributed by atoms with van der Waals surface area (Å²) >= 11 is 0. The summed E-state index contributed by atoms with van der Waals surface area (Å²) in [5.41, 5.74) is 1.31. The number of hydrogen-bond donors (Lipinski definition) is 0. The largest absolute Gasteiger partial charge is 0.455 e.